The third-order valence-electron chi connectivity index (χ3n) is 5.69. The minimum absolute atomic E-state index is 0.0208. The summed E-state index contributed by atoms with van der Waals surface area (Å²) in [7, 11) is 1.53. The fourth-order valence-corrected chi connectivity index (χ4v) is 3.87. The molecule has 1 aliphatic heterocycles. The van der Waals surface area contributed by atoms with Gasteiger partial charge in [-0.15, -0.1) is 0 Å². The van der Waals surface area contributed by atoms with Crippen LogP contribution in [0, 0.1) is 5.92 Å². The number of aryl methyl sites for hydroxylation is 1. The predicted molar refractivity (Wildman–Crippen MR) is 126 cm³/mol. The summed E-state index contributed by atoms with van der Waals surface area (Å²) < 4.78 is 6.70. The number of anilines is 2. The Morgan fingerprint density at radius 2 is 1.79 bits per heavy atom. The molecule has 9 nitrogen and oxygen atoms in total. The summed E-state index contributed by atoms with van der Waals surface area (Å²) in [5.41, 5.74) is 0.593. The fraction of sp³-hybridized carbons (Fsp3) is 0.417. The van der Waals surface area contributed by atoms with Crippen molar-refractivity contribution in [2.75, 3.05) is 36.5 Å². The number of rotatable bonds is 8. The topological polar surface area (TPSA) is 101 Å². The molecule has 1 saturated heterocycles. The summed E-state index contributed by atoms with van der Waals surface area (Å²) in [5, 5.41) is 2.64. The van der Waals surface area contributed by atoms with Crippen molar-refractivity contribution in [3.8, 4) is 5.75 Å². The molecule has 9 heteroatoms. The molecule has 3 rings (SSSR count). The Morgan fingerprint density at radius 3 is 2.39 bits per heavy atom. The van der Waals surface area contributed by atoms with Gasteiger partial charge in [-0.2, -0.15) is 0 Å². The van der Waals surface area contributed by atoms with Crippen LogP contribution in [0.3, 0.4) is 0 Å². The van der Waals surface area contributed by atoms with Crippen LogP contribution >= 0.6 is 0 Å². The second-order valence-electron chi connectivity index (χ2n) is 7.86. The molecule has 33 heavy (non-hydrogen) atoms. The molecule has 1 aromatic heterocycles. The van der Waals surface area contributed by atoms with Crippen molar-refractivity contribution in [1.82, 2.24) is 9.47 Å². The van der Waals surface area contributed by atoms with Crippen LogP contribution in [0.1, 0.15) is 37.6 Å². The lowest BCUT2D eigenvalue weighted by Crippen LogP contribution is -2.33. The zero-order valence-electron chi connectivity index (χ0n) is 19.5. The van der Waals surface area contributed by atoms with Gasteiger partial charge in [-0.3, -0.25) is 19.2 Å². The van der Waals surface area contributed by atoms with Crippen LogP contribution in [0.4, 0.5) is 11.4 Å². The third-order valence-corrected chi connectivity index (χ3v) is 5.69. The van der Waals surface area contributed by atoms with Crippen molar-refractivity contribution < 1.29 is 19.1 Å². The second kappa shape index (κ2) is 10.3. The van der Waals surface area contributed by atoms with Gasteiger partial charge in [0, 0.05) is 45.0 Å². The molecule has 1 unspecified atom stereocenters. The largest absolute Gasteiger partial charge is 0.494 e. The lowest BCUT2D eigenvalue weighted by atomic mass is 10.1. The molecule has 2 aromatic rings. The van der Waals surface area contributed by atoms with Crippen molar-refractivity contribution in [1.29, 1.82) is 0 Å². The highest BCUT2D eigenvalue weighted by atomic mass is 16.5. The Morgan fingerprint density at radius 1 is 1.12 bits per heavy atom. The van der Waals surface area contributed by atoms with Gasteiger partial charge >= 0.3 is 0 Å². The first-order chi connectivity index (χ1) is 15.8. The second-order valence-corrected chi connectivity index (χ2v) is 7.86. The van der Waals surface area contributed by atoms with E-state index in [4.69, 9.17) is 4.74 Å². The zero-order valence-corrected chi connectivity index (χ0v) is 19.5. The van der Waals surface area contributed by atoms with Gasteiger partial charge in [0.05, 0.1) is 18.1 Å². The van der Waals surface area contributed by atoms with Crippen molar-refractivity contribution >= 4 is 29.1 Å². The minimum Gasteiger partial charge on any atom is -0.494 e. The molecule has 2 heterocycles. The SMILES string of the molecule is CCOc1ccc(N2CC(C(=O)Nc3cc(C(=O)N(CC)CC)cn(C)c3=O)CC2=O)cc1. The van der Waals surface area contributed by atoms with E-state index in [0.717, 1.165) is 0 Å². The van der Waals surface area contributed by atoms with Crippen LogP contribution in [-0.2, 0) is 16.6 Å². The molecule has 0 saturated carbocycles. The zero-order chi connectivity index (χ0) is 24.1. The van der Waals surface area contributed by atoms with Crippen LogP contribution in [-0.4, -0.2) is 53.4 Å². The highest BCUT2D eigenvalue weighted by Crippen LogP contribution is 2.27. The van der Waals surface area contributed by atoms with Crippen LogP contribution in [0.15, 0.2) is 41.3 Å². The van der Waals surface area contributed by atoms with Gasteiger partial charge in [-0.25, -0.2) is 0 Å². The molecular weight excluding hydrogens is 424 g/mol. The van der Waals surface area contributed by atoms with Gasteiger partial charge < -0.3 is 24.4 Å². The first kappa shape index (κ1) is 24.0. The quantitative estimate of drug-likeness (QED) is 0.659. The standard InChI is InChI=1S/C24H30N4O5/c1-5-27(6-2)23(31)17-12-20(24(32)26(4)14-17)25-22(30)16-13-21(29)28(15-16)18-8-10-19(11-9-18)33-7-3/h8-12,14,16H,5-7,13,15H2,1-4H3,(H,25,30). The molecule has 0 spiro atoms. The number of benzene rings is 1. The van der Waals surface area contributed by atoms with E-state index in [1.54, 1.807) is 34.1 Å². The van der Waals surface area contributed by atoms with Crippen LogP contribution in [0.25, 0.3) is 0 Å². The van der Waals surface area contributed by atoms with E-state index < -0.39 is 17.4 Å². The molecule has 0 radical (unpaired) electrons. The highest BCUT2D eigenvalue weighted by molar-refractivity contribution is 6.04. The Bertz CT molecular complexity index is 1090. The first-order valence-corrected chi connectivity index (χ1v) is 11.1. The molecule has 3 amide bonds. The Labute approximate surface area is 192 Å². The number of nitrogens with one attached hydrogen (secondary N) is 1. The molecule has 1 aliphatic rings. The van der Waals surface area contributed by atoms with E-state index in [9.17, 15) is 19.2 Å². The summed E-state index contributed by atoms with van der Waals surface area (Å²) in [6, 6.07) is 8.52. The lowest BCUT2D eigenvalue weighted by molar-refractivity contribution is -0.122. The third kappa shape index (κ3) is 5.24. The summed E-state index contributed by atoms with van der Waals surface area (Å²) in [6.07, 6.45) is 1.50. The molecule has 1 fully saturated rings. The summed E-state index contributed by atoms with van der Waals surface area (Å²) in [5.74, 6) is -0.726. The fourth-order valence-electron chi connectivity index (χ4n) is 3.87. The van der Waals surface area contributed by atoms with Crippen molar-refractivity contribution in [3.63, 3.8) is 0 Å². The van der Waals surface area contributed by atoms with Crippen molar-refractivity contribution in [3.05, 3.63) is 52.4 Å². The summed E-state index contributed by atoms with van der Waals surface area (Å²) in [4.78, 5) is 53.9. The van der Waals surface area contributed by atoms with Crippen molar-refractivity contribution in [2.45, 2.75) is 27.2 Å². The molecule has 0 aliphatic carbocycles. The molecule has 1 aromatic carbocycles. The number of carbonyl (C=O) groups excluding carboxylic acids is 3. The Hall–Kier alpha value is -3.62. The average Bonchev–Trinajstić information content (AvgIpc) is 3.20. The van der Waals surface area contributed by atoms with E-state index in [1.807, 2.05) is 20.8 Å². The smallest absolute Gasteiger partial charge is 0.274 e. The monoisotopic (exact) mass is 454 g/mol. The maximum absolute atomic E-state index is 12.9. The van der Waals surface area contributed by atoms with Gasteiger partial charge in [0.15, 0.2) is 0 Å². The number of ether oxygens (including phenoxy) is 1. The molecule has 1 atom stereocenters. The first-order valence-electron chi connectivity index (χ1n) is 11.1. The lowest BCUT2D eigenvalue weighted by Gasteiger charge is -2.20. The van der Waals surface area contributed by atoms with E-state index >= 15 is 0 Å². The van der Waals surface area contributed by atoms with Gasteiger partial charge in [-0.1, -0.05) is 0 Å². The minimum atomic E-state index is -0.615. The molecule has 176 valence electrons. The number of hydrogen-bond donors (Lipinski definition) is 1. The Balaban J connectivity index is 1.75. The van der Waals surface area contributed by atoms with Gasteiger partial charge in [0.1, 0.15) is 11.4 Å². The number of aromatic nitrogens is 1. The molecular formula is C24H30N4O5. The summed E-state index contributed by atoms with van der Waals surface area (Å²) >= 11 is 0. The van der Waals surface area contributed by atoms with E-state index in [0.29, 0.717) is 36.7 Å². The van der Waals surface area contributed by atoms with E-state index in [1.165, 1.54) is 23.9 Å². The number of hydrogen-bond acceptors (Lipinski definition) is 5. The van der Waals surface area contributed by atoms with Crippen LogP contribution < -0.4 is 20.5 Å². The van der Waals surface area contributed by atoms with Crippen LogP contribution in [0.2, 0.25) is 0 Å². The highest BCUT2D eigenvalue weighted by Gasteiger charge is 2.35. The number of nitrogens with zero attached hydrogens (tertiary/aromatic N) is 3. The van der Waals surface area contributed by atoms with E-state index in [-0.39, 0.29) is 30.5 Å². The maximum Gasteiger partial charge on any atom is 0.274 e. The predicted octanol–water partition coefficient (Wildman–Crippen LogP) is 2.26. The van der Waals surface area contributed by atoms with Crippen LogP contribution in [0.5, 0.6) is 5.75 Å². The summed E-state index contributed by atoms with van der Waals surface area (Å²) in [6.45, 7) is 7.46. The Kier molecular flexibility index (Phi) is 7.52. The normalized spacial score (nSPS) is 15.5. The maximum atomic E-state index is 12.9. The van der Waals surface area contributed by atoms with Gasteiger partial charge in [-0.05, 0) is 51.1 Å². The average molecular weight is 455 g/mol. The molecule has 1 N–H and O–H groups in total. The van der Waals surface area contributed by atoms with E-state index in [2.05, 4.69) is 5.32 Å². The number of pyridine rings is 1. The number of carbonyl (C=O) groups is 3. The van der Waals surface area contributed by atoms with Crippen molar-refractivity contribution in [2.24, 2.45) is 13.0 Å². The van der Waals surface area contributed by atoms with Gasteiger partial charge in [0.25, 0.3) is 11.5 Å². The van der Waals surface area contributed by atoms with Gasteiger partial charge in [0.2, 0.25) is 11.8 Å². The number of amides is 3. The molecule has 0 bridgehead atoms.